The second-order valence-electron chi connectivity index (χ2n) is 4.45. The van der Waals surface area contributed by atoms with Gasteiger partial charge in [0.1, 0.15) is 6.71 Å². The van der Waals surface area contributed by atoms with Gasteiger partial charge in [0.05, 0.1) is 0 Å². The lowest BCUT2D eigenvalue weighted by Crippen LogP contribution is -2.33. The fourth-order valence-electron chi connectivity index (χ4n) is 3.48. The number of fused-ring (bicyclic) bond motifs is 2. The highest BCUT2D eigenvalue weighted by atomic mass is 14.2. The minimum absolute atomic E-state index is 1.12. The average molecular weight is 150 g/mol. The van der Waals surface area contributed by atoms with Crippen molar-refractivity contribution in [1.82, 2.24) is 0 Å². The monoisotopic (exact) mass is 150 g/mol. The molecular formula is C10H19B. The standard InChI is InChI=1S/C10H19B/c1-2-11-9-5-3-6-10(11)8-4-7-9/h9-10H,2-8H2,1H3. The van der Waals surface area contributed by atoms with Gasteiger partial charge in [0.2, 0.25) is 0 Å². The van der Waals surface area contributed by atoms with Crippen LogP contribution in [0.3, 0.4) is 0 Å². The maximum atomic E-state index is 2.39. The molecule has 2 fully saturated rings. The minimum Gasteiger partial charge on any atom is -0.0766 e. The summed E-state index contributed by atoms with van der Waals surface area (Å²) in [5.41, 5.74) is 0. The van der Waals surface area contributed by atoms with Crippen molar-refractivity contribution in [3.05, 3.63) is 0 Å². The van der Waals surface area contributed by atoms with Crippen LogP contribution in [0, 0.1) is 0 Å². The number of rotatable bonds is 1. The van der Waals surface area contributed by atoms with Gasteiger partial charge < -0.3 is 0 Å². The third-order valence-electron chi connectivity index (χ3n) is 3.98. The van der Waals surface area contributed by atoms with E-state index in [1.165, 1.54) is 19.2 Å². The second-order valence-corrected chi connectivity index (χ2v) is 4.45. The van der Waals surface area contributed by atoms with E-state index in [0.29, 0.717) is 0 Å². The SMILES string of the molecule is CCB1C2CCCC1CCC2. The van der Waals surface area contributed by atoms with Crippen molar-refractivity contribution in [2.24, 2.45) is 0 Å². The summed E-state index contributed by atoms with van der Waals surface area (Å²) in [7, 11) is 0. The first kappa shape index (κ1) is 7.70. The molecule has 2 rings (SSSR count). The van der Waals surface area contributed by atoms with E-state index < -0.39 is 0 Å². The molecule has 2 aliphatic rings. The van der Waals surface area contributed by atoms with Crippen LogP contribution in [0.4, 0.5) is 0 Å². The number of hydrogen-bond donors (Lipinski definition) is 0. The van der Waals surface area contributed by atoms with Crippen LogP contribution in [0.1, 0.15) is 45.4 Å². The van der Waals surface area contributed by atoms with E-state index in [-0.39, 0.29) is 0 Å². The van der Waals surface area contributed by atoms with E-state index in [4.69, 9.17) is 0 Å². The van der Waals surface area contributed by atoms with Crippen molar-refractivity contribution in [2.45, 2.75) is 63.4 Å². The van der Waals surface area contributed by atoms with Gasteiger partial charge in [0.15, 0.2) is 0 Å². The molecule has 0 unspecified atom stereocenters. The maximum Gasteiger partial charge on any atom is 0.146 e. The first-order valence-corrected chi connectivity index (χ1v) is 5.42. The molecule has 0 aliphatic carbocycles. The molecule has 0 radical (unpaired) electrons. The van der Waals surface area contributed by atoms with Gasteiger partial charge in [0, 0.05) is 0 Å². The van der Waals surface area contributed by atoms with Crippen LogP contribution >= 0.6 is 0 Å². The Balaban J connectivity index is 2.04. The molecule has 0 spiro atoms. The van der Waals surface area contributed by atoms with E-state index in [2.05, 4.69) is 6.92 Å². The molecule has 0 aromatic rings. The molecule has 11 heavy (non-hydrogen) atoms. The first-order chi connectivity index (χ1) is 5.42. The lowest BCUT2D eigenvalue weighted by atomic mass is 9.26. The smallest absolute Gasteiger partial charge is 0.0766 e. The molecule has 0 N–H and O–H groups in total. The fraction of sp³-hybridized carbons (Fsp3) is 1.00. The zero-order valence-corrected chi connectivity index (χ0v) is 7.68. The van der Waals surface area contributed by atoms with Gasteiger partial charge >= 0.3 is 0 Å². The van der Waals surface area contributed by atoms with Crippen LogP contribution in [-0.2, 0) is 0 Å². The highest BCUT2D eigenvalue weighted by Gasteiger charge is 2.37. The first-order valence-electron chi connectivity index (χ1n) is 5.42. The minimum atomic E-state index is 1.12. The van der Waals surface area contributed by atoms with Gasteiger partial charge in [-0.3, -0.25) is 0 Å². The molecule has 0 aromatic heterocycles. The summed E-state index contributed by atoms with van der Waals surface area (Å²) < 4.78 is 0. The van der Waals surface area contributed by atoms with Gasteiger partial charge in [-0.1, -0.05) is 63.4 Å². The van der Waals surface area contributed by atoms with E-state index in [1.54, 1.807) is 25.7 Å². The van der Waals surface area contributed by atoms with Crippen LogP contribution in [0.15, 0.2) is 0 Å². The summed E-state index contributed by atoms with van der Waals surface area (Å²) in [6.45, 7) is 3.51. The lowest BCUT2D eigenvalue weighted by molar-refractivity contribution is 0.442. The van der Waals surface area contributed by atoms with Crippen molar-refractivity contribution in [3.8, 4) is 0 Å². The molecule has 0 aromatic carbocycles. The normalized spacial score (nSPS) is 37.4. The summed E-state index contributed by atoms with van der Waals surface area (Å²) in [5, 5.41) is 0. The summed E-state index contributed by atoms with van der Waals surface area (Å²) in [6, 6.07) is 0. The molecule has 0 saturated carbocycles. The van der Waals surface area contributed by atoms with Gasteiger partial charge in [-0.05, 0) is 0 Å². The molecule has 2 saturated heterocycles. The Morgan fingerprint density at radius 3 is 1.73 bits per heavy atom. The van der Waals surface area contributed by atoms with Crippen LogP contribution in [0.5, 0.6) is 0 Å². The zero-order valence-electron chi connectivity index (χ0n) is 7.68. The Kier molecular flexibility index (Phi) is 2.24. The van der Waals surface area contributed by atoms with Crippen molar-refractivity contribution in [2.75, 3.05) is 0 Å². The third-order valence-corrected chi connectivity index (χ3v) is 3.98. The highest BCUT2D eigenvalue weighted by Crippen LogP contribution is 2.47. The van der Waals surface area contributed by atoms with E-state index in [1.807, 2.05) is 0 Å². The van der Waals surface area contributed by atoms with Crippen LogP contribution in [-0.4, -0.2) is 6.71 Å². The highest BCUT2D eigenvalue weighted by molar-refractivity contribution is 6.62. The second kappa shape index (κ2) is 3.20. The van der Waals surface area contributed by atoms with Crippen LogP contribution in [0.25, 0.3) is 0 Å². The molecule has 0 amide bonds. The van der Waals surface area contributed by atoms with Crippen molar-refractivity contribution in [3.63, 3.8) is 0 Å². The van der Waals surface area contributed by atoms with Crippen molar-refractivity contribution >= 4 is 6.71 Å². The average Bonchev–Trinajstić information content (AvgIpc) is 2.03. The Morgan fingerprint density at radius 2 is 1.45 bits per heavy atom. The molecular weight excluding hydrogens is 131 g/mol. The molecule has 2 bridgehead atoms. The van der Waals surface area contributed by atoms with Crippen LogP contribution < -0.4 is 0 Å². The largest absolute Gasteiger partial charge is 0.146 e. The van der Waals surface area contributed by atoms with Crippen molar-refractivity contribution in [1.29, 1.82) is 0 Å². The van der Waals surface area contributed by atoms with Gasteiger partial charge in [-0.2, -0.15) is 0 Å². The molecule has 2 aliphatic heterocycles. The molecule has 2 heterocycles. The maximum absolute atomic E-state index is 2.39. The summed E-state index contributed by atoms with van der Waals surface area (Å²) in [5.74, 6) is 2.26. The predicted molar refractivity (Wildman–Crippen MR) is 51.4 cm³/mol. The summed E-state index contributed by atoms with van der Waals surface area (Å²) >= 11 is 0. The summed E-state index contributed by atoms with van der Waals surface area (Å²) in [4.78, 5) is 0. The molecule has 0 nitrogen and oxygen atoms in total. The van der Waals surface area contributed by atoms with E-state index in [9.17, 15) is 0 Å². The van der Waals surface area contributed by atoms with Crippen molar-refractivity contribution < 1.29 is 0 Å². The third kappa shape index (κ3) is 1.34. The number of hydrogen-bond acceptors (Lipinski definition) is 0. The van der Waals surface area contributed by atoms with Crippen LogP contribution in [0.2, 0.25) is 18.0 Å². The van der Waals surface area contributed by atoms with Gasteiger partial charge in [-0.15, -0.1) is 0 Å². The Hall–Kier alpha value is 0.0649. The van der Waals surface area contributed by atoms with Gasteiger partial charge in [0.25, 0.3) is 0 Å². The van der Waals surface area contributed by atoms with E-state index >= 15 is 0 Å². The molecule has 1 heteroatoms. The Labute approximate surface area is 70.8 Å². The van der Waals surface area contributed by atoms with E-state index in [0.717, 1.165) is 18.3 Å². The van der Waals surface area contributed by atoms with Gasteiger partial charge in [-0.25, -0.2) is 0 Å². The quantitative estimate of drug-likeness (QED) is 0.501. The zero-order chi connectivity index (χ0) is 7.68. The predicted octanol–water partition coefficient (Wildman–Crippen LogP) is 3.61. The fourth-order valence-corrected chi connectivity index (χ4v) is 3.48. The summed E-state index contributed by atoms with van der Waals surface area (Å²) in [6.07, 6.45) is 10.7. The molecule has 62 valence electrons. The molecule has 0 atom stereocenters. The lowest BCUT2D eigenvalue weighted by Gasteiger charge is -2.40. The Morgan fingerprint density at radius 1 is 1.00 bits per heavy atom. The Bertz CT molecular complexity index is 111. The topological polar surface area (TPSA) is 0 Å².